The van der Waals surface area contributed by atoms with Crippen molar-refractivity contribution in [2.24, 2.45) is 0 Å². The molecule has 2 aromatic heterocycles. The largest absolute Gasteiger partial charge is 0.323 e. The lowest BCUT2D eigenvalue weighted by atomic mass is 10.1. The summed E-state index contributed by atoms with van der Waals surface area (Å²) in [6.07, 6.45) is 1.93. The molecule has 2 N–H and O–H groups in total. The summed E-state index contributed by atoms with van der Waals surface area (Å²) >= 11 is 0. The molecule has 37 heavy (non-hydrogen) atoms. The van der Waals surface area contributed by atoms with Gasteiger partial charge < -0.3 is 10.6 Å². The van der Waals surface area contributed by atoms with Crippen molar-refractivity contribution in [2.45, 2.75) is 6.42 Å². The molecule has 3 aromatic carbocycles. The normalized spacial score (nSPS) is 10.7. The molecule has 182 valence electrons. The summed E-state index contributed by atoms with van der Waals surface area (Å²) in [6.45, 7) is 0. The van der Waals surface area contributed by atoms with Crippen molar-refractivity contribution in [3.05, 3.63) is 129 Å². The number of nitrogens with one attached hydrogen (secondary N) is 2. The van der Waals surface area contributed by atoms with Gasteiger partial charge in [-0.25, -0.2) is 14.8 Å². The van der Waals surface area contributed by atoms with Crippen LogP contribution in [0.1, 0.15) is 11.3 Å². The molecule has 0 spiro atoms. The van der Waals surface area contributed by atoms with Crippen molar-refractivity contribution >= 4 is 34.3 Å². The highest BCUT2D eigenvalue weighted by molar-refractivity contribution is 6.01. The van der Waals surface area contributed by atoms with Crippen molar-refractivity contribution in [1.82, 2.24) is 14.5 Å². The first-order valence-electron chi connectivity index (χ1n) is 11.3. The number of aromatic nitrogens is 3. The molecule has 2 heterocycles. The number of urea groups is 1. The average molecular weight is 492 g/mol. The first-order valence-corrected chi connectivity index (χ1v) is 11.3. The maximum absolute atomic E-state index is 13.6. The molecule has 0 saturated carbocycles. The number of hydrogen-bond donors (Lipinski definition) is 2. The maximum Gasteiger partial charge on any atom is 0.323 e. The van der Waals surface area contributed by atoms with E-state index in [1.54, 1.807) is 48.7 Å². The zero-order valence-corrected chi connectivity index (χ0v) is 19.4. The second kappa shape index (κ2) is 10.1. The van der Waals surface area contributed by atoms with Crippen LogP contribution in [0.4, 0.5) is 21.9 Å². The van der Waals surface area contributed by atoms with Crippen LogP contribution in [0.2, 0.25) is 0 Å². The van der Waals surface area contributed by atoms with Crippen molar-refractivity contribution in [3.8, 4) is 5.69 Å². The van der Waals surface area contributed by atoms with Gasteiger partial charge >= 0.3 is 6.03 Å². The zero-order valence-electron chi connectivity index (χ0n) is 19.4. The lowest BCUT2D eigenvalue weighted by molar-refractivity contribution is -0.383. The number of nitro benzene ring substituents is 1. The lowest BCUT2D eigenvalue weighted by Crippen LogP contribution is -2.25. The van der Waals surface area contributed by atoms with Gasteiger partial charge in [0.25, 0.3) is 11.2 Å². The van der Waals surface area contributed by atoms with Gasteiger partial charge in [-0.3, -0.25) is 19.5 Å². The van der Waals surface area contributed by atoms with Gasteiger partial charge in [0.15, 0.2) is 5.65 Å². The Morgan fingerprint density at radius 1 is 0.919 bits per heavy atom. The van der Waals surface area contributed by atoms with E-state index < -0.39 is 11.0 Å². The fourth-order valence-corrected chi connectivity index (χ4v) is 3.96. The van der Waals surface area contributed by atoms with Crippen molar-refractivity contribution in [2.75, 3.05) is 10.6 Å². The van der Waals surface area contributed by atoms with Crippen LogP contribution >= 0.6 is 0 Å². The molecule has 0 unspecified atom stereocenters. The molecule has 0 aliphatic carbocycles. The molecular formula is C27H20N6O4. The number of rotatable bonds is 6. The van der Waals surface area contributed by atoms with Crippen LogP contribution in [0, 0.1) is 10.1 Å². The van der Waals surface area contributed by atoms with Gasteiger partial charge in [-0.15, -0.1) is 0 Å². The van der Waals surface area contributed by atoms with E-state index in [4.69, 9.17) is 0 Å². The minimum absolute atomic E-state index is 0.0623. The van der Waals surface area contributed by atoms with Gasteiger partial charge in [-0.2, -0.15) is 0 Å². The monoisotopic (exact) mass is 492 g/mol. The Bertz CT molecular complexity index is 1680. The molecule has 0 atom stereocenters. The van der Waals surface area contributed by atoms with Crippen LogP contribution in [-0.2, 0) is 6.42 Å². The molecule has 5 rings (SSSR count). The third-order valence-corrected chi connectivity index (χ3v) is 5.61. The number of carbonyl (C=O) groups is 1. The predicted molar refractivity (Wildman–Crippen MR) is 140 cm³/mol. The van der Waals surface area contributed by atoms with Crippen LogP contribution in [-0.4, -0.2) is 25.5 Å². The average Bonchev–Trinajstić information content (AvgIpc) is 2.90. The van der Waals surface area contributed by atoms with E-state index in [0.717, 1.165) is 5.56 Å². The Morgan fingerprint density at radius 3 is 2.51 bits per heavy atom. The summed E-state index contributed by atoms with van der Waals surface area (Å²) in [5.41, 5.74) is 2.62. The van der Waals surface area contributed by atoms with E-state index in [-0.39, 0.29) is 16.9 Å². The highest BCUT2D eigenvalue weighted by Crippen LogP contribution is 2.24. The number of fused-ring (bicyclic) bond motifs is 1. The molecule has 5 aromatic rings. The number of para-hydroxylation sites is 2. The topological polar surface area (TPSA) is 132 Å². The number of anilines is 2. The van der Waals surface area contributed by atoms with E-state index in [1.807, 2.05) is 30.3 Å². The third kappa shape index (κ3) is 5.03. The number of hydrogen-bond acceptors (Lipinski definition) is 6. The van der Waals surface area contributed by atoms with Gasteiger partial charge in [-0.1, -0.05) is 48.5 Å². The van der Waals surface area contributed by atoms with Crippen LogP contribution in [0.5, 0.6) is 0 Å². The minimum atomic E-state index is -0.665. The number of pyridine rings is 1. The Labute approximate surface area is 210 Å². The van der Waals surface area contributed by atoms with E-state index in [0.29, 0.717) is 34.7 Å². The highest BCUT2D eigenvalue weighted by Gasteiger charge is 2.17. The Morgan fingerprint density at radius 2 is 1.70 bits per heavy atom. The first-order chi connectivity index (χ1) is 18.0. The first kappa shape index (κ1) is 23.4. The number of nitro groups is 1. The summed E-state index contributed by atoms with van der Waals surface area (Å²) < 4.78 is 1.46. The van der Waals surface area contributed by atoms with Crippen LogP contribution < -0.4 is 16.2 Å². The molecular weight excluding hydrogens is 472 g/mol. The smallest absolute Gasteiger partial charge is 0.308 e. The van der Waals surface area contributed by atoms with Crippen LogP contribution in [0.15, 0.2) is 102 Å². The summed E-state index contributed by atoms with van der Waals surface area (Å²) in [4.78, 5) is 45.8. The Hall–Kier alpha value is -5.38. The molecule has 0 aliphatic rings. The fraction of sp³-hybridized carbons (Fsp3) is 0.0370. The molecule has 0 aliphatic heterocycles. The van der Waals surface area contributed by atoms with Crippen LogP contribution in [0.3, 0.4) is 0 Å². The quantitative estimate of drug-likeness (QED) is 0.255. The van der Waals surface area contributed by atoms with E-state index >= 15 is 0 Å². The molecule has 10 heteroatoms. The lowest BCUT2D eigenvalue weighted by Gasteiger charge is -2.13. The molecule has 0 radical (unpaired) electrons. The van der Waals surface area contributed by atoms with Gasteiger partial charge in [0.1, 0.15) is 16.9 Å². The molecule has 0 fully saturated rings. The fourth-order valence-electron chi connectivity index (χ4n) is 3.96. The maximum atomic E-state index is 13.6. The third-order valence-electron chi connectivity index (χ3n) is 5.61. The zero-order chi connectivity index (χ0) is 25.8. The predicted octanol–water partition coefficient (Wildman–Crippen LogP) is 4.92. The Balaban J connectivity index is 1.49. The van der Waals surface area contributed by atoms with Gasteiger partial charge in [-0.05, 0) is 42.0 Å². The van der Waals surface area contributed by atoms with E-state index in [2.05, 4.69) is 20.6 Å². The Kier molecular flexibility index (Phi) is 6.37. The summed E-state index contributed by atoms with van der Waals surface area (Å²) in [5, 5.41) is 16.4. The van der Waals surface area contributed by atoms with Crippen molar-refractivity contribution in [3.63, 3.8) is 0 Å². The van der Waals surface area contributed by atoms with Gasteiger partial charge in [0.05, 0.1) is 10.6 Å². The highest BCUT2D eigenvalue weighted by atomic mass is 16.6. The number of nitrogens with zero attached hydrogens (tertiary/aromatic N) is 4. The second-order valence-corrected chi connectivity index (χ2v) is 8.11. The summed E-state index contributed by atoms with van der Waals surface area (Å²) in [7, 11) is 0. The van der Waals surface area contributed by atoms with E-state index in [1.165, 1.54) is 22.8 Å². The molecule has 0 saturated heterocycles. The van der Waals surface area contributed by atoms with Crippen molar-refractivity contribution in [1.29, 1.82) is 0 Å². The number of carbonyl (C=O) groups excluding carboxylic acids is 1. The van der Waals surface area contributed by atoms with Crippen LogP contribution in [0.25, 0.3) is 16.9 Å². The molecule has 2 amide bonds. The number of benzene rings is 3. The molecule has 10 nitrogen and oxygen atoms in total. The van der Waals surface area contributed by atoms with Gasteiger partial charge in [0.2, 0.25) is 0 Å². The van der Waals surface area contributed by atoms with Crippen molar-refractivity contribution < 1.29 is 9.72 Å². The molecule has 0 bridgehead atoms. The van der Waals surface area contributed by atoms with Gasteiger partial charge in [0, 0.05) is 24.4 Å². The van der Waals surface area contributed by atoms with E-state index in [9.17, 15) is 19.7 Å². The minimum Gasteiger partial charge on any atom is -0.308 e. The summed E-state index contributed by atoms with van der Waals surface area (Å²) in [6, 6.07) is 25.0. The number of amides is 2. The standard InChI is InChI=1S/C27H20N6O4/c34-26-23(16-18-8-2-1-3-9-18)30-22-13-7-15-28-25(22)32(26)20-11-6-10-19(17-20)29-27(35)31-21-12-4-5-14-24(21)33(36)37/h1-15,17H,16H2,(H2,29,31,35). The summed E-state index contributed by atoms with van der Waals surface area (Å²) in [5.74, 6) is 0. The second-order valence-electron chi connectivity index (χ2n) is 8.11. The SMILES string of the molecule is O=C(Nc1cccc(-n2c(=O)c(Cc3ccccc3)nc3cccnc32)c1)Nc1ccccc1[N+](=O)[O-].